The molecule has 2 heterocycles. The lowest BCUT2D eigenvalue weighted by Gasteiger charge is -2.30. The molecular formula is C17H19F3N4O3S2. The van der Waals surface area contributed by atoms with Crippen LogP contribution in [-0.4, -0.2) is 48.9 Å². The standard InChI is InChI=1S/C17H19F3N4O3S2/c1-29(26,27)24-8-6-10(7-9-24)22-16-23-15(21)14(28-16)13(25)11-4-2-3-5-12(11)17(18,19)20/h2-5,10H,6-9,21H2,1H3,(H,22,23). The molecule has 0 bridgehead atoms. The number of hydrogen-bond donors (Lipinski definition) is 2. The van der Waals surface area contributed by atoms with E-state index in [1.807, 2.05) is 0 Å². The van der Waals surface area contributed by atoms with Crippen LogP contribution < -0.4 is 11.1 Å². The molecule has 2 aromatic rings. The van der Waals surface area contributed by atoms with Gasteiger partial charge in [-0.3, -0.25) is 4.79 Å². The second-order valence-corrected chi connectivity index (χ2v) is 9.67. The van der Waals surface area contributed by atoms with Crippen molar-refractivity contribution in [2.24, 2.45) is 0 Å². The van der Waals surface area contributed by atoms with Crippen LogP contribution in [0.5, 0.6) is 0 Å². The first kappa shape index (κ1) is 21.5. The number of alkyl halides is 3. The molecule has 1 fully saturated rings. The zero-order valence-corrected chi connectivity index (χ0v) is 17.0. The van der Waals surface area contributed by atoms with Gasteiger partial charge in [0.2, 0.25) is 15.8 Å². The van der Waals surface area contributed by atoms with Gasteiger partial charge in [-0.05, 0) is 18.9 Å². The number of carbonyl (C=O) groups is 1. The average molecular weight is 448 g/mol. The van der Waals surface area contributed by atoms with Crippen LogP contribution in [0.15, 0.2) is 24.3 Å². The number of rotatable bonds is 5. The van der Waals surface area contributed by atoms with Gasteiger partial charge in [-0.25, -0.2) is 17.7 Å². The lowest BCUT2D eigenvalue weighted by Crippen LogP contribution is -2.41. The molecule has 3 rings (SSSR count). The summed E-state index contributed by atoms with van der Waals surface area (Å²) >= 11 is 0.886. The summed E-state index contributed by atoms with van der Waals surface area (Å²) in [5.74, 6) is -0.985. The molecule has 7 nitrogen and oxygen atoms in total. The van der Waals surface area contributed by atoms with Gasteiger partial charge in [0.15, 0.2) is 5.13 Å². The maximum absolute atomic E-state index is 13.2. The van der Waals surface area contributed by atoms with Crippen molar-refractivity contribution in [1.29, 1.82) is 0 Å². The zero-order chi connectivity index (χ0) is 21.4. The van der Waals surface area contributed by atoms with Crippen molar-refractivity contribution in [2.75, 3.05) is 30.4 Å². The first-order valence-corrected chi connectivity index (χ1v) is 11.3. The van der Waals surface area contributed by atoms with Crippen molar-refractivity contribution in [1.82, 2.24) is 9.29 Å². The van der Waals surface area contributed by atoms with Gasteiger partial charge >= 0.3 is 6.18 Å². The van der Waals surface area contributed by atoms with Crippen molar-refractivity contribution in [3.8, 4) is 0 Å². The van der Waals surface area contributed by atoms with Crippen LogP contribution in [-0.2, 0) is 16.2 Å². The molecular weight excluding hydrogens is 429 g/mol. The first-order valence-electron chi connectivity index (χ1n) is 8.65. The molecule has 1 saturated heterocycles. The number of piperidine rings is 1. The largest absolute Gasteiger partial charge is 0.417 e. The lowest BCUT2D eigenvalue weighted by molar-refractivity contribution is -0.137. The first-order chi connectivity index (χ1) is 13.5. The molecule has 158 valence electrons. The molecule has 0 unspecified atom stereocenters. The Bertz CT molecular complexity index is 1010. The number of nitrogen functional groups attached to an aromatic ring is 1. The van der Waals surface area contributed by atoms with Crippen molar-refractivity contribution in [3.63, 3.8) is 0 Å². The number of nitrogens with one attached hydrogen (secondary N) is 1. The Balaban J connectivity index is 1.76. The highest BCUT2D eigenvalue weighted by Crippen LogP contribution is 2.35. The van der Waals surface area contributed by atoms with Crippen molar-refractivity contribution in [2.45, 2.75) is 25.1 Å². The quantitative estimate of drug-likeness (QED) is 0.682. The van der Waals surface area contributed by atoms with Crippen LogP contribution in [0, 0.1) is 0 Å². The Morgan fingerprint density at radius 1 is 1.28 bits per heavy atom. The van der Waals surface area contributed by atoms with Crippen LogP contribution in [0.1, 0.15) is 33.6 Å². The van der Waals surface area contributed by atoms with E-state index in [4.69, 9.17) is 5.73 Å². The maximum atomic E-state index is 13.2. The fourth-order valence-corrected chi connectivity index (χ4v) is 4.90. The van der Waals surface area contributed by atoms with E-state index >= 15 is 0 Å². The number of aromatic nitrogens is 1. The van der Waals surface area contributed by atoms with Gasteiger partial charge < -0.3 is 11.1 Å². The number of hydrogen-bond acceptors (Lipinski definition) is 7. The topological polar surface area (TPSA) is 105 Å². The number of benzene rings is 1. The minimum absolute atomic E-state index is 0.0715. The monoisotopic (exact) mass is 448 g/mol. The smallest absolute Gasteiger partial charge is 0.382 e. The van der Waals surface area contributed by atoms with Crippen LogP contribution in [0.2, 0.25) is 0 Å². The fraction of sp³-hybridized carbons (Fsp3) is 0.412. The van der Waals surface area contributed by atoms with Gasteiger partial charge in [-0.1, -0.05) is 29.5 Å². The molecule has 0 amide bonds. The summed E-state index contributed by atoms with van der Waals surface area (Å²) in [4.78, 5) is 16.7. The molecule has 1 aliphatic rings. The average Bonchev–Trinajstić information content (AvgIpc) is 3.00. The third kappa shape index (κ3) is 4.87. The van der Waals surface area contributed by atoms with Gasteiger partial charge in [0.1, 0.15) is 10.7 Å². The van der Waals surface area contributed by atoms with E-state index in [-0.39, 0.29) is 16.7 Å². The SMILES string of the molecule is CS(=O)(=O)N1CCC(Nc2nc(N)c(C(=O)c3ccccc3C(F)(F)F)s2)CC1. The third-order valence-electron chi connectivity index (χ3n) is 4.59. The minimum Gasteiger partial charge on any atom is -0.382 e. The van der Waals surface area contributed by atoms with Crippen LogP contribution in [0.25, 0.3) is 0 Å². The van der Waals surface area contributed by atoms with Crippen molar-refractivity contribution >= 4 is 38.1 Å². The van der Waals surface area contributed by atoms with Gasteiger partial charge in [-0.2, -0.15) is 13.2 Å². The summed E-state index contributed by atoms with van der Waals surface area (Å²) in [6.45, 7) is 0.699. The number of thiazole rings is 1. The summed E-state index contributed by atoms with van der Waals surface area (Å²) < 4.78 is 64.1. The van der Waals surface area contributed by atoms with E-state index in [0.29, 0.717) is 31.1 Å². The highest BCUT2D eigenvalue weighted by molar-refractivity contribution is 7.88. The maximum Gasteiger partial charge on any atom is 0.417 e. The van der Waals surface area contributed by atoms with Gasteiger partial charge in [-0.15, -0.1) is 0 Å². The number of sulfonamides is 1. The Kier molecular flexibility index (Phi) is 5.88. The molecule has 1 aromatic heterocycles. The number of anilines is 2. The van der Waals surface area contributed by atoms with Crippen LogP contribution >= 0.6 is 11.3 Å². The predicted molar refractivity (Wildman–Crippen MR) is 104 cm³/mol. The number of nitrogens with two attached hydrogens (primary N) is 1. The van der Waals surface area contributed by atoms with Gasteiger partial charge in [0.25, 0.3) is 0 Å². The molecule has 0 spiro atoms. The molecule has 12 heteroatoms. The molecule has 1 aromatic carbocycles. The van der Waals surface area contributed by atoms with E-state index in [1.165, 1.54) is 16.4 Å². The summed E-state index contributed by atoms with van der Waals surface area (Å²) in [5.41, 5.74) is 4.28. The molecule has 0 saturated carbocycles. The van der Waals surface area contributed by atoms with Crippen LogP contribution in [0.3, 0.4) is 0 Å². The van der Waals surface area contributed by atoms with E-state index in [2.05, 4.69) is 10.3 Å². The van der Waals surface area contributed by atoms with Crippen molar-refractivity contribution in [3.05, 3.63) is 40.3 Å². The molecule has 0 aliphatic carbocycles. The molecule has 0 atom stereocenters. The number of nitrogens with zero attached hydrogens (tertiary/aromatic N) is 2. The second kappa shape index (κ2) is 7.92. The Hall–Kier alpha value is -2.18. The summed E-state index contributed by atoms with van der Waals surface area (Å²) in [5, 5.41) is 3.41. The molecule has 0 radical (unpaired) electrons. The normalized spacial score (nSPS) is 16.7. The highest BCUT2D eigenvalue weighted by Gasteiger charge is 2.36. The van der Waals surface area contributed by atoms with Gasteiger partial charge in [0.05, 0.1) is 11.8 Å². The summed E-state index contributed by atoms with van der Waals surface area (Å²) in [7, 11) is -3.25. The Morgan fingerprint density at radius 3 is 2.48 bits per heavy atom. The van der Waals surface area contributed by atoms with Gasteiger partial charge in [0, 0.05) is 24.7 Å². The summed E-state index contributed by atoms with van der Waals surface area (Å²) in [6, 6.07) is 4.45. The molecule has 1 aliphatic heterocycles. The fourth-order valence-electron chi connectivity index (χ4n) is 3.11. The minimum atomic E-state index is -4.67. The lowest BCUT2D eigenvalue weighted by atomic mass is 10.0. The van der Waals surface area contributed by atoms with E-state index in [0.717, 1.165) is 29.7 Å². The predicted octanol–water partition coefficient (Wildman–Crippen LogP) is 2.81. The summed E-state index contributed by atoms with van der Waals surface area (Å²) in [6.07, 6.45) is -2.45. The van der Waals surface area contributed by atoms with Crippen molar-refractivity contribution < 1.29 is 26.4 Å². The second-order valence-electron chi connectivity index (χ2n) is 6.69. The highest BCUT2D eigenvalue weighted by atomic mass is 32.2. The van der Waals surface area contributed by atoms with E-state index < -0.39 is 33.1 Å². The van der Waals surface area contributed by atoms with E-state index in [1.54, 1.807) is 0 Å². The number of halogens is 3. The molecule has 29 heavy (non-hydrogen) atoms. The third-order valence-corrected chi connectivity index (χ3v) is 6.89. The number of carbonyl (C=O) groups excluding carboxylic acids is 1. The van der Waals surface area contributed by atoms with E-state index in [9.17, 15) is 26.4 Å². The number of ketones is 1. The Labute approximate surface area is 169 Å². The molecule has 3 N–H and O–H groups in total. The van der Waals surface area contributed by atoms with Crippen LogP contribution in [0.4, 0.5) is 24.1 Å². The Morgan fingerprint density at radius 2 is 1.90 bits per heavy atom. The zero-order valence-electron chi connectivity index (χ0n) is 15.4.